The molecular weight excluding hydrogens is 390 g/mol. The first-order valence-electron chi connectivity index (χ1n) is 8.49. The van der Waals surface area contributed by atoms with Gasteiger partial charge in [0.1, 0.15) is 0 Å². The number of thiophene rings is 1. The molecule has 1 fully saturated rings. The molecular formula is C17H21N3O5S2. The summed E-state index contributed by atoms with van der Waals surface area (Å²) in [5.74, 6) is 0. The highest BCUT2D eigenvalue weighted by Crippen LogP contribution is 2.28. The first kappa shape index (κ1) is 19.9. The van der Waals surface area contributed by atoms with E-state index in [1.807, 2.05) is 17.5 Å². The van der Waals surface area contributed by atoms with Crippen molar-refractivity contribution in [3.63, 3.8) is 0 Å². The predicted molar refractivity (Wildman–Crippen MR) is 102 cm³/mol. The second kappa shape index (κ2) is 8.44. The van der Waals surface area contributed by atoms with Gasteiger partial charge in [-0.25, -0.2) is 13.1 Å². The molecule has 1 saturated heterocycles. The van der Waals surface area contributed by atoms with Crippen molar-refractivity contribution in [2.75, 3.05) is 32.8 Å². The lowest BCUT2D eigenvalue weighted by molar-refractivity contribution is -0.385. The normalized spacial score (nSPS) is 16.9. The van der Waals surface area contributed by atoms with Crippen molar-refractivity contribution in [1.29, 1.82) is 0 Å². The van der Waals surface area contributed by atoms with Gasteiger partial charge in [-0.1, -0.05) is 12.1 Å². The number of nitro groups is 1. The molecule has 2 aromatic rings. The van der Waals surface area contributed by atoms with Gasteiger partial charge in [0, 0.05) is 36.1 Å². The van der Waals surface area contributed by atoms with Crippen LogP contribution in [0.25, 0.3) is 0 Å². The number of rotatable bonds is 7. The van der Waals surface area contributed by atoms with Crippen molar-refractivity contribution in [1.82, 2.24) is 9.62 Å². The van der Waals surface area contributed by atoms with Gasteiger partial charge in [0.2, 0.25) is 10.0 Å². The summed E-state index contributed by atoms with van der Waals surface area (Å²) in [5, 5.41) is 13.1. The number of nitrogens with one attached hydrogen (secondary N) is 1. The SMILES string of the molecule is Cc1c([N+](=O)[O-])cccc1S(=O)(=O)NCC(c1cccs1)N1CCOCC1. The van der Waals surface area contributed by atoms with E-state index in [1.165, 1.54) is 25.1 Å². The van der Waals surface area contributed by atoms with Crippen LogP contribution in [0.5, 0.6) is 0 Å². The number of nitrogens with zero attached hydrogens (tertiary/aromatic N) is 2. The highest BCUT2D eigenvalue weighted by Gasteiger charge is 2.27. The molecule has 3 rings (SSSR count). The van der Waals surface area contributed by atoms with Crippen LogP contribution < -0.4 is 4.72 Å². The maximum Gasteiger partial charge on any atom is 0.273 e. The molecule has 1 N–H and O–H groups in total. The van der Waals surface area contributed by atoms with Gasteiger partial charge in [0.05, 0.1) is 29.1 Å². The van der Waals surface area contributed by atoms with E-state index in [-0.39, 0.29) is 28.7 Å². The van der Waals surface area contributed by atoms with E-state index in [0.29, 0.717) is 13.2 Å². The number of hydrogen-bond acceptors (Lipinski definition) is 7. The average Bonchev–Trinajstić information content (AvgIpc) is 3.17. The Hall–Kier alpha value is -1.85. The van der Waals surface area contributed by atoms with E-state index in [1.54, 1.807) is 11.3 Å². The Labute approximate surface area is 162 Å². The summed E-state index contributed by atoms with van der Waals surface area (Å²) in [6.07, 6.45) is 0. The molecule has 0 radical (unpaired) electrons. The summed E-state index contributed by atoms with van der Waals surface area (Å²) >= 11 is 1.57. The Balaban J connectivity index is 1.82. The molecule has 1 unspecified atom stereocenters. The highest BCUT2D eigenvalue weighted by molar-refractivity contribution is 7.89. The molecule has 0 spiro atoms. The first-order valence-corrected chi connectivity index (χ1v) is 10.9. The van der Waals surface area contributed by atoms with Crippen molar-refractivity contribution < 1.29 is 18.1 Å². The molecule has 1 aliphatic rings. The van der Waals surface area contributed by atoms with Gasteiger partial charge in [0.25, 0.3) is 5.69 Å². The van der Waals surface area contributed by atoms with Crippen molar-refractivity contribution >= 4 is 27.0 Å². The molecule has 0 amide bonds. The minimum atomic E-state index is -3.88. The summed E-state index contributed by atoms with van der Waals surface area (Å²) < 4.78 is 33.7. The Kier molecular flexibility index (Phi) is 6.22. The Bertz CT molecular complexity index is 893. The molecule has 1 aromatic carbocycles. The summed E-state index contributed by atoms with van der Waals surface area (Å²) in [4.78, 5) is 13.7. The van der Waals surface area contributed by atoms with E-state index in [2.05, 4.69) is 9.62 Å². The number of morpholine rings is 1. The van der Waals surface area contributed by atoms with Crippen LogP contribution in [-0.2, 0) is 14.8 Å². The third-order valence-electron chi connectivity index (χ3n) is 4.57. The minimum Gasteiger partial charge on any atom is -0.379 e. The van der Waals surface area contributed by atoms with Crippen molar-refractivity contribution in [2.45, 2.75) is 17.9 Å². The zero-order valence-corrected chi connectivity index (χ0v) is 16.5. The lowest BCUT2D eigenvalue weighted by Gasteiger charge is -2.34. The van der Waals surface area contributed by atoms with Gasteiger partial charge in [-0.2, -0.15) is 0 Å². The Morgan fingerprint density at radius 1 is 1.30 bits per heavy atom. The molecule has 1 aliphatic heterocycles. The van der Waals surface area contributed by atoms with Gasteiger partial charge in [0.15, 0.2) is 0 Å². The van der Waals surface area contributed by atoms with Crippen LogP contribution in [0.15, 0.2) is 40.6 Å². The number of ether oxygens (including phenoxy) is 1. The quantitative estimate of drug-likeness (QED) is 0.554. The van der Waals surface area contributed by atoms with Crippen LogP contribution >= 0.6 is 11.3 Å². The maximum absolute atomic E-state index is 12.8. The van der Waals surface area contributed by atoms with Crippen LogP contribution in [0.2, 0.25) is 0 Å². The van der Waals surface area contributed by atoms with Gasteiger partial charge in [-0.3, -0.25) is 15.0 Å². The zero-order chi connectivity index (χ0) is 19.4. The fourth-order valence-corrected chi connectivity index (χ4v) is 5.30. The monoisotopic (exact) mass is 411 g/mol. The fraction of sp³-hybridized carbons (Fsp3) is 0.412. The highest BCUT2D eigenvalue weighted by atomic mass is 32.2. The third-order valence-corrected chi connectivity index (χ3v) is 7.11. The summed E-state index contributed by atoms with van der Waals surface area (Å²) in [6, 6.07) is 7.89. The Morgan fingerprint density at radius 3 is 2.67 bits per heavy atom. The summed E-state index contributed by atoms with van der Waals surface area (Å²) in [6.45, 7) is 4.30. The van der Waals surface area contributed by atoms with Gasteiger partial charge in [-0.05, 0) is 24.4 Å². The molecule has 8 nitrogen and oxygen atoms in total. The van der Waals surface area contributed by atoms with E-state index < -0.39 is 14.9 Å². The third kappa shape index (κ3) is 4.53. The molecule has 146 valence electrons. The molecule has 27 heavy (non-hydrogen) atoms. The molecule has 0 aliphatic carbocycles. The first-order chi connectivity index (χ1) is 12.9. The molecule has 0 bridgehead atoms. The lowest BCUT2D eigenvalue weighted by atomic mass is 10.2. The van der Waals surface area contributed by atoms with Crippen LogP contribution in [0.1, 0.15) is 16.5 Å². The van der Waals surface area contributed by atoms with E-state index in [9.17, 15) is 18.5 Å². The number of sulfonamides is 1. The predicted octanol–water partition coefficient (Wildman–Crippen LogP) is 2.32. The topological polar surface area (TPSA) is 102 Å². The smallest absolute Gasteiger partial charge is 0.273 e. The second-order valence-electron chi connectivity index (χ2n) is 6.19. The van der Waals surface area contributed by atoms with Crippen molar-refractivity contribution in [3.8, 4) is 0 Å². The summed E-state index contributed by atoms with van der Waals surface area (Å²) in [5.41, 5.74) is -0.0742. The molecule has 2 heterocycles. The largest absolute Gasteiger partial charge is 0.379 e. The fourth-order valence-electron chi connectivity index (χ4n) is 3.14. The second-order valence-corrected chi connectivity index (χ2v) is 8.90. The molecule has 0 saturated carbocycles. The minimum absolute atomic E-state index is 0.0661. The van der Waals surface area contributed by atoms with E-state index >= 15 is 0 Å². The van der Waals surface area contributed by atoms with Gasteiger partial charge in [-0.15, -0.1) is 11.3 Å². The van der Waals surface area contributed by atoms with Crippen molar-refractivity contribution in [2.24, 2.45) is 0 Å². The van der Waals surface area contributed by atoms with Crippen molar-refractivity contribution in [3.05, 3.63) is 56.3 Å². The Morgan fingerprint density at radius 2 is 2.04 bits per heavy atom. The molecule has 1 atom stereocenters. The van der Waals surface area contributed by atoms with Gasteiger partial charge >= 0.3 is 0 Å². The number of hydrogen-bond donors (Lipinski definition) is 1. The van der Waals surface area contributed by atoms with Gasteiger partial charge < -0.3 is 4.74 Å². The summed E-state index contributed by atoms with van der Waals surface area (Å²) in [7, 11) is -3.88. The average molecular weight is 412 g/mol. The van der Waals surface area contributed by atoms with Crippen LogP contribution in [0, 0.1) is 17.0 Å². The standard InChI is InChI=1S/C17H21N3O5S2/c1-13-14(20(21)22)4-2-6-17(13)27(23,24)18-12-15(16-5-3-11-26-16)19-7-9-25-10-8-19/h2-6,11,15,18H,7-10,12H2,1H3. The van der Waals surface area contributed by atoms with Crippen LogP contribution in [0.4, 0.5) is 5.69 Å². The molecule has 1 aromatic heterocycles. The number of nitro benzene ring substituents is 1. The maximum atomic E-state index is 12.8. The molecule has 10 heteroatoms. The van der Waals surface area contributed by atoms with E-state index in [4.69, 9.17) is 4.74 Å². The zero-order valence-electron chi connectivity index (χ0n) is 14.8. The lowest BCUT2D eigenvalue weighted by Crippen LogP contribution is -2.43. The van der Waals surface area contributed by atoms with Crippen LogP contribution in [-0.4, -0.2) is 51.1 Å². The van der Waals surface area contributed by atoms with E-state index in [0.717, 1.165) is 18.0 Å². The number of benzene rings is 1. The van der Waals surface area contributed by atoms with Crippen LogP contribution in [0.3, 0.4) is 0 Å².